The van der Waals surface area contributed by atoms with Gasteiger partial charge >= 0.3 is 0 Å². The van der Waals surface area contributed by atoms with Crippen LogP contribution in [0.25, 0.3) is 0 Å². The summed E-state index contributed by atoms with van der Waals surface area (Å²) < 4.78 is 11.8. The van der Waals surface area contributed by atoms with Crippen molar-refractivity contribution in [2.75, 3.05) is 7.05 Å². The van der Waals surface area contributed by atoms with Crippen molar-refractivity contribution in [1.82, 2.24) is 10.3 Å². The Balaban J connectivity index is 2.08. The summed E-state index contributed by atoms with van der Waals surface area (Å²) in [4.78, 5) is 4.25. The van der Waals surface area contributed by atoms with E-state index in [0.717, 1.165) is 15.8 Å². The van der Waals surface area contributed by atoms with E-state index < -0.39 is 0 Å². The SMILES string of the molecule is CNCc1cc(Br)cnc1OCc1ccco1. The Morgan fingerprint density at radius 2 is 2.41 bits per heavy atom. The highest BCUT2D eigenvalue weighted by molar-refractivity contribution is 9.10. The van der Waals surface area contributed by atoms with Gasteiger partial charge in [0.15, 0.2) is 0 Å². The molecule has 0 fully saturated rings. The van der Waals surface area contributed by atoms with Crippen LogP contribution in [0.3, 0.4) is 0 Å². The zero-order chi connectivity index (χ0) is 12.1. The Kier molecular flexibility index (Phi) is 4.17. The lowest BCUT2D eigenvalue weighted by molar-refractivity contribution is 0.257. The number of hydrogen-bond donors (Lipinski definition) is 1. The van der Waals surface area contributed by atoms with Gasteiger partial charge in [0.05, 0.1) is 6.26 Å². The predicted molar refractivity (Wildman–Crippen MR) is 67.7 cm³/mol. The number of pyridine rings is 1. The smallest absolute Gasteiger partial charge is 0.218 e. The molecular weight excluding hydrogens is 284 g/mol. The molecule has 2 heterocycles. The highest BCUT2D eigenvalue weighted by atomic mass is 79.9. The van der Waals surface area contributed by atoms with Crippen LogP contribution in [0, 0.1) is 0 Å². The van der Waals surface area contributed by atoms with Crippen molar-refractivity contribution in [2.24, 2.45) is 0 Å². The maximum absolute atomic E-state index is 5.62. The molecule has 17 heavy (non-hydrogen) atoms. The van der Waals surface area contributed by atoms with Gasteiger partial charge in [-0.15, -0.1) is 0 Å². The lowest BCUT2D eigenvalue weighted by atomic mass is 10.3. The van der Waals surface area contributed by atoms with Crippen molar-refractivity contribution < 1.29 is 9.15 Å². The normalized spacial score (nSPS) is 10.5. The molecule has 0 radical (unpaired) electrons. The molecule has 2 rings (SSSR count). The molecule has 2 aromatic rings. The molecule has 0 bridgehead atoms. The second-order valence-electron chi connectivity index (χ2n) is 3.52. The van der Waals surface area contributed by atoms with Gasteiger partial charge in [0.25, 0.3) is 0 Å². The number of aromatic nitrogens is 1. The summed E-state index contributed by atoms with van der Waals surface area (Å²) in [6.45, 7) is 1.10. The van der Waals surface area contributed by atoms with Crippen molar-refractivity contribution in [1.29, 1.82) is 0 Å². The van der Waals surface area contributed by atoms with Crippen LogP contribution >= 0.6 is 15.9 Å². The van der Waals surface area contributed by atoms with Crippen LogP contribution in [0.5, 0.6) is 5.88 Å². The third kappa shape index (κ3) is 3.31. The average molecular weight is 297 g/mol. The summed E-state index contributed by atoms with van der Waals surface area (Å²) in [5, 5.41) is 3.08. The number of halogens is 1. The van der Waals surface area contributed by atoms with Crippen LogP contribution in [-0.4, -0.2) is 12.0 Å². The first-order chi connectivity index (χ1) is 8.29. The Morgan fingerprint density at radius 3 is 3.12 bits per heavy atom. The highest BCUT2D eigenvalue weighted by Crippen LogP contribution is 2.20. The summed E-state index contributed by atoms with van der Waals surface area (Å²) in [5.74, 6) is 1.41. The summed E-state index contributed by atoms with van der Waals surface area (Å²) in [6.07, 6.45) is 3.35. The Hall–Kier alpha value is -1.33. The van der Waals surface area contributed by atoms with E-state index in [1.54, 1.807) is 12.5 Å². The molecule has 0 amide bonds. The van der Waals surface area contributed by atoms with E-state index in [1.165, 1.54) is 0 Å². The van der Waals surface area contributed by atoms with Crippen LogP contribution in [0.2, 0.25) is 0 Å². The molecule has 5 heteroatoms. The van der Waals surface area contributed by atoms with Crippen LogP contribution in [0.15, 0.2) is 39.5 Å². The second-order valence-corrected chi connectivity index (χ2v) is 4.43. The number of nitrogens with one attached hydrogen (secondary N) is 1. The maximum Gasteiger partial charge on any atom is 0.218 e. The topological polar surface area (TPSA) is 47.3 Å². The van der Waals surface area contributed by atoms with Crippen molar-refractivity contribution in [3.05, 3.63) is 46.5 Å². The quantitative estimate of drug-likeness (QED) is 0.922. The predicted octanol–water partition coefficient (Wildman–Crippen LogP) is 2.74. The first-order valence-corrected chi connectivity index (χ1v) is 6.03. The first-order valence-electron chi connectivity index (χ1n) is 5.24. The molecule has 0 aliphatic carbocycles. The van der Waals surface area contributed by atoms with Gasteiger partial charge in [0.2, 0.25) is 5.88 Å². The fourth-order valence-corrected chi connectivity index (χ4v) is 1.83. The van der Waals surface area contributed by atoms with Crippen LogP contribution in [-0.2, 0) is 13.2 Å². The molecule has 1 N–H and O–H groups in total. The molecular formula is C12H13BrN2O2. The van der Waals surface area contributed by atoms with Crippen molar-refractivity contribution >= 4 is 15.9 Å². The number of rotatable bonds is 5. The van der Waals surface area contributed by atoms with Gasteiger partial charge in [-0.2, -0.15) is 0 Å². The van der Waals surface area contributed by atoms with E-state index in [4.69, 9.17) is 9.15 Å². The van der Waals surface area contributed by atoms with Gasteiger partial charge in [0.1, 0.15) is 12.4 Å². The Morgan fingerprint density at radius 1 is 1.53 bits per heavy atom. The molecule has 90 valence electrons. The number of ether oxygens (including phenoxy) is 1. The molecule has 0 saturated heterocycles. The Bertz CT molecular complexity index is 471. The van der Waals surface area contributed by atoms with Crippen molar-refractivity contribution in [3.8, 4) is 5.88 Å². The van der Waals surface area contributed by atoms with E-state index in [-0.39, 0.29) is 0 Å². The number of hydrogen-bond acceptors (Lipinski definition) is 4. The molecule has 2 aromatic heterocycles. The molecule has 0 spiro atoms. The van der Waals surface area contributed by atoms with Gasteiger partial charge in [-0.3, -0.25) is 0 Å². The average Bonchev–Trinajstić information content (AvgIpc) is 2.81. The summed E-state index contributed by atoms with van der Waals surface area (Å²) in [5.41, 5.74) is 1.01. The molecule has 0 aliphatic heterocycles. The van der Waals surface area contributed by atoms with Crippen LogP contribution < -0.4 is 10.1 Å². The third-order valence-electron chi connectivity index (χ3n) is 2.19. The molecule has 0 atom stereocenters. The molecule has 0 unspecified atom stereocenters. The molecule has 0 saturated carbocycles. The highest BCUT2D eigenvalue weighted by Gasteiger charge is 2.06. The summed E-state index contributed by atoms with van der Waals surface area (Å²) in [7, 11) is 1.89. The Labute approximate surface area is 108 Å². The zero-order valence-electron chi connectivity index (χ0n) is 9.44. The van der Waals surface area contributed by atoms with Crippen molar-refractivity contribution in [2.45, 2.75) is 13.2 Å². The van der Waals surface area contributed by atoms with Gasteiger partial charge < -0.3 is 14.5 Å². The van der Waals surface area contributed by atoms with E-state index in [9.17, 15) is 0 Å². The third-order valence-corrected chi connectivity index (χ3v) is 2.62. The van der Waals surface area contributed by atoms with Crippen LogP contribution in [0.4, 0.5) is 0 Å². The minimum absolute atomic E-state index is 0.387. The van der Waals surface area contributed by atoms with E-state index >= 15 is 0 Å². The molecule has 4 nitrogen and oxygen atoms in total. The maximum atomic E-state index is 5.62. The zero-order valence-corrected chi connectivity index (χ0v) is 11.0. The second kappa shape index (κ2) is 5.84. The number of nitrogens with zero attached hydrogens (tertiary/aromatic N) is 1. The first kappa shape index (κ1) is 12.1. The van der Waals surface area contributed by atoms with E-state index in [2.05, 4.69) is 26.2 Å². The fourth-order valence-electron chi connectivity index (χ4n) is 1.45. The largest absolute Gasteiger partial charge is 0.469 e. The van der Waals surface area contributed by atoms with Crippen molar-refractivity contribution in [3.63, 3.8) is 0 Å². The van der Waals surface area contributed by atoms with Crippen LogP contribution in [0.1, 0.15) is 11.3 Å². The van der Waals surface area contributed by atoms with E-state index in [0.29, 0.717) is 19.0 Å². The lowest BCUT2D eigenvalue weighted by Gasteiger charge is -2.09. The molecule has 0 aromatic carbocycles. The van der Waals surface area contributed by atoms with E-state index in [1.807, 2.05) is 25.2 Å². The fraction of sp³-hybridized carbons (Fsp3) is 0.250. The minimum atomic E-state index is 0.387. The monoisotopic (exact) mass is 296 g/mol. The van der Waals surface area contributed by atoms with Gasteiger partial charge in [-0.05, 0) is 41.2 Å². The van der Waals surface area contributed by atoms with Gasteiger partial charge in [-0.25, -0.2) is 4.98 Å². The molecule has 0 aliphatic rings. The minimum Gasteiger partial charge on any atom is -0.469 e. The number of furan rings is 1. The lowest BCUT2D eigenvalue weighted by Crippen LogP contribution is -2.08. The van der Waals surface area contributed by atoms with Gasteiger partial charge in [0, 0.05) is 22.8 Å². The summed E-state index contributed by atoms with van der Waals surface area (Å²) >= 11 is 3.39. The van der Waals surface area contributed by atoms with Gasteiger partial charge in [-0.1, -0.05) is 0 Å². The standard InChI is InChI=1S/C12H13BrN2O2/c1-14-6-9-5-10(13)7-15-12(9)17-8-11-3-2-4-16-11/h2-5,7,14H,6,8H2,1H3. The summed E-state index contributed by atoms with van der Waals surface area (Å²) in [6, 6.07) is 5.69.